The number of hydrogen-bond acceptors (Lipinski definition) is 6. The molecule has 1 amide bonds. The van der Waals surface area contributed by atoms with Gasteiger partial charge in [0.15, 0.2) is 11.5 Å². The summed E-state index contributed by atoms with van der Waals surface area (Å²) in [6.07, 6.45) is 1.41. The van der Waals surface area contributed by atoms with Gasteiger partial charge in [0.1, 0.15) is 5.75 Å². The van der Waals surface area contributed by atoms with Crippen LogP contribution in [0, 0.1) is 0 Å². The van der Waals surface area contributed by atoms with Crippen LogP contribution in [0.25, 0.3) is 0 Å². The summed E-state index contributed by atoms with van der Waals surface area (Å²) in [4.78, 5) is 11.0. The molecule has 0 unspecified atom stereocenters. The molecule has 1 N–H and O–H groups in total. The van der Waals surface area contributed by atoms with E-state index in [1.54, 1.807) is 24.3 Å². The fraction of sp³-hybridized carbons (Fsp3) is 0.300. The van der Waals surface area contributed by atoms with E-state index >= 15 is 0 Å². The van der Waals surface area contributed by atoms with Crippen LogP contribution in [0.2, 0.25) is 10.0 Å². The molecule has 2 aromatic carbocycles. The molecular weight excluding hydrogens is 419 g/mol. The van der Waals surface area contributed by atoms with Crippen LogP contribution in [-0.4, -0.2) is 39.2 Å². The highest BCUT2D eigenvalue weighted by atomic mass is 35.5. The predicted octanol–water partition coefficient (Wildman–Crippen LogP) is 4.93. The van der Waals surface area contributed by atoms with Crippen LogP contribution in [0.1, 0.15) is 18.9 Å². The van der Waals surface area contributed by atoms with E-state index < -0.39 is 6.09 Å². The van der Waals surface area contributed by atoms with E-state index in [0.717, 1.165) is 5.75 Å². The maximum absolute atomic E-state index is 11.0. The summed E-state index contributed by atoms with van der Waals surface area (Å²) in [6, 6.07) is 10.5. The van der Waals surface area contributed by atoms with E-state index in [-0.39, 0.29) is 0 Å². The van der Waals surface area contributed by atoms with Crippen LogP contribution >= 0.6 is 23.2 Å². The molecule has 0 saturated carbocycles. The summed E-state index contributed by atoms with van der Waals surface area (Å²) in [5.41, 5.74) is 2.84. The van der Waals surface area contributed by atoms with Crippen LogP contribution in [0.15, 0.2) is 41.5 Å². The van der Waals surface area contributed by atoms with Crippen LogP contribution in [0.3, 0.4) is 0 Å². The molecule has 0 spiro atoms. The molecule has 0 aromatic heterocycles. The highest BCUT2D eigenvalue weighted by Crippen LogP contribution is 2.36. The zero-order chi connectivity index (χ0) is 21.1. The summed E-state index contributed by atoms with van der Waals surface area (Å²) in [5, 5.41) is 4.81. The average molecular weight is 441 g/mol. The molecule has 0 radical (unpaired) electrons. The molecule has 156 valence electrons. The molecule has 0 heterocycles. The number of benzene rings is 2. The van der Waals surface area contributed by atoms with Crippen LogP contribution in [-0.2, 0) is 4.74 Å². The molecule has 0 aliphatic heterocycles. The minimum absolute atomic E-state index is 0.370. The summed E-state index contributed by atoms with van der Waals surface area (Å²) in [6.45, 7) is 3.17. The zero-order valence-electron chi connectivity index (χ0n) is 16.1. The van der Waals surface area contributed by atoms with E-state index in [9.17, 15) is 4.79 Å². The van der Waals surface area contributed by atoms with Crippen molar-refractivity contribution < 1.29 is 23.7 Å². The molecule has 0 bridgehead atoms. The van der Waals surface area contributed by atoms with Gasteiger partial charge in [0.05, 0.1) is 38.2 Å². The number of rotatable bonds is 10. The number of nitrogens with zero attached hydrogens (tertiary/aromatic N) is 1. The van der Waals surface area contributed by atoms with Gasteiger partial charge in [-0.2, -0.15) is 5.10 Å². The maximum atomic E-state index is 11.0. The van der Waals surface area contributed by atoms with Crippen molar-refractivity contribution >= 4 is 35.5 Å². The van der Waals surface area contributed by atoms with Crippen molar-refractivity contribution in [1.29, 1.82) is 0 Å². The summed E-state index contributed by atoms with van der Waals surface area (Å²) in [5.74, 6) is 1.67. The average Bonchev–Trinajstić information content (AvgIpc) is 2.71. The van der Waals surface area contributed by atoms with Gasteiger partial charge in [0.25, 0.3) is 0 Å². The molecule has 0 atom stereocenters. The Kier molecular flexibility index (Phi) is 9.40. The van der Waals surface area contributed by atoms with E-state index in [2.05, 4.69) is 15.3 Å². The topological polar surface area (TPSA) is 78.4 Å². The minimum atomic E-state index is -0.668. The fourth-order valence-corrected chi connectivity index (χ4v) is 2.62. The molecule has 9 heteroatoms. The number of amides is 1. The number of nitrogens with one attached hydrogen (secondary N) is 1. The summed E-state index contributed by atoms with van der Waals surface area (Å²) < 4.78 is 21.5. The summed E-state index contributed by atoms with van der Waals surface area (Å²) in [7, 11) is 1.25. The number of carbonyl (C=O) groups is 1. The lowest BCUT2D eigenvalue weighted by Gasteiger charge is -2.14. The molecule has 29 heavy (non-hydrogen) atoms. The van der Waals surface area contributed by atoms with Gasteiger partial charge in [-0.3, -0.25) is 0 Å². The summed E-state index contributed by atoms with van der Waals surface area (Å²) >= 11 is 12.2. The van der Waals surface area contributed by atoms with Crippen LogP contribution in [0.5, 0.6) is 17.2 Å². The molecule has 2 rings (SSSR count). The Bertz CT molecular complexity index is 828. The number of carbonyl (C=O) groups excluding carboxylic acids is 1. The fourth-order valence-electron chi connectivity index (χ4n) is 2.22. The monoisotopic (exact) mass is 440 g/mol. The van der Waals surface area contributed by atoms with Crippen molar-refractivity contribution in [2.75, 3.05) is 26.9 Å². The molecular formula is C20H22Cl2N2O5. The first-order valence-electron chi connectivity index (χ1n) is 8.88. The maximum Gasteiger partial charge on any atom is 0.427 e. The highest BCUT2D eigenvalue weighted by molar-refractivity contribution is 6.32. The Hall–Kier alpha value is -2.64. The number of ether oxygens (including phenoxy) is 4. The van der Waals surface area contributed by atoms with Crippen molar-refractivity contribution in [3.63, 3.8) is 0 Å². The van der Waals surface area contributed by atoms with E-state index in [1.165, 1.54) is 13.3 Å². The van der Waals surface area contributed by atoms with Gasteiger partial charge < -0.3 is 18.9 Å². The van der Waals surface area contributed by atoms with Gasteiger partial charge in [0.2, 0.25) is 0 Å². The second-order valence-corrected chi connectivity index (χ2v) is 6.47. The second-order valence-electron chi connectivity index (χ2n) is 5.63. The Morgan fingerprint density at radius 3 is 2.52 bits per heavy atom. The Balaban J connectivity index is 1.92. The van der Waals surface area contributed by atoms with Gasteiger partial charge in [-0.15, -0.1) is 0 Å². The molecule has 0 aliphatic carbocycles. The third kappa shape index (κ3) is 7.71. The largest absolute Gasteiger partial charge is 0.493 e. The lowest BCUT2D eigenvalue weighted by atomic mass is 10.2. The second kappa shape index (κ2) is 12.0. The third-order valence-electron chi connectivity index (χ3n) is 3.50. The SMILES string of the molecule is CCOc1cc(/C=N/NC(=O)OC)cc(Cl)c1OCCCOc1ccc(Cl)cc1. The number of halogens is 2. The molecule has 2 aromatic rings. The van der Waals surface area contributed by atoms with Crippen LogP contribution < -0.4 is 19.6 Å². The first-order chi connectivity index (χ1) is 14.0. The minimum Gasteiger partial charge on any atom is -0.493 e. The predicted molar refractivity (Wildman–Crippen MR) is 113 cm³/mol. The van der Waals surface area contributed by atoms with Crippen molar-refractivity contribution in [2.24, 2.45) is 5.10 Å². The van der Waals surface area contributed by atoms with Gasteiger partial charge >= 0.3 is 6.09 Å². The first-order valence-corrected chi connectivity index (χ1v) is 9.63. The van der Waals surface area contributed by atoms with Crippen LogP contribution in [0.4, 0.5) is 4.79 Å². The van der Waals surface area contributed by atoms with E-state index in [4.69, 9.17) is 37.4 Å². The molecule has 0 fully saturated rings. The number of hydrazone groups is 1. The lowest BCUT2D eigenvalue weighted by molar-refractivity contribution is 0.171. The quantitative estimate of drug-likeness (QED) is 0.321. The first kappa shape index (κ1) is 22.6. The smallest absolute Gasteiger partial charge is 0.427 e. The van der Waals surface area contributed by atoms with Crippen molar-refractivity contribution in [3.8, 4) is 17.2 Å². The van der Waals surface area contributed by atoms with Crippen molar-refractivity contribution in [3.05, 3.63) is 52.0 Å². The standard InChI is InChI=1S/C20H22Cl2N2O5/c1-3-27-18-12-14(13-23-24-20(25)26-2)11-17(22)19(18)29-10-4-9-28-16-7-5-15(21)6-8-16/h5-8,11-13H,3-4,9-10H2,1-2H3,(H,24,25)/b23-13+. The molecule has 0 aliphatic rings. The zero-order valence-corrected chi connectivity index (χ0v) is 17.6. The molecule has 7 nitrogen and oxygen atoms in total. The van der Waals surface area contributed by atoms with Gasteiger partial charge in [-0.1, -0.05) is 23.2 Å². The Morgan fingerprint density at radius 1 is 1.10 bits per heavy atom. The van der Waals surface area contributed by atoms with E-state index in [1.807, 2.05) is 19.1 Å². The Morgan fingerprint density at radius 2 is 1.83 bits per heavy atom. The van der Waals surface area contributed by atoms with Gasteiger partial charge in [0, 0.05) is 11.4 Å². The number of hydrogen-bond donors (Lipinski definition) is 1. The van der Waals surface area contributed by atoms with Gasteiger partial charge in [-0.25, -0.2) is 10.2 Å². The highest BCUT2D eigenvalue weighted by Gasteiger charge is 2.12. The van der Waals surface area contributed by atoms with Gasteiger partial charge in [-0.05, 0) is 48.9 Å². The Labute approximate surface area is 179 Å². The molecule has 0 saturated heterocycles. The van der Waals surface area contributed by atoms with Crippen molar-refractivity contribution in [1.82, 2.24) is 5.43 Å². The third-order valence-corrected chi connectivity index (χ3v) is 4.04. The van der Waals surface area contributed by atoms with Crippen molar-refractivity contribution in [2.45, 2.75) is 13.3 Å². The van der Waals surface area contributed by atoms with E-state index in [0.29, 0.717) is 53.3 Å². The number of methoxy groups -OCH3 is 1. The lowest BCUT2D eigenvalue weighted by Crippen LogP contribution is -2.16. The normalized spacial score (nSPS) is 10.6.